The topological polar surface area (TPSA) is 37.8 Å². The van der Waals surface area contributed by atoms with Crippen molar-refractivity contribution in [2.75, 3.05) is 5.32 Å². The van der Waals surface area contributed by atoms with Gasteiger partial charge in [-0.3, -0.25) is 0 Å². The fourth-order valence-electron chi connectivity index (χ4n) is 2.19. The van der Waals surface area contributed by atoms with E-state index in [4.69, 9.17) is 0 Å². The molecule has 0 atom stereocenters. The third-order valence-electron chi connectivity index (χ3n) is 3.29. The predicted octanol–water partition coefficient (Wildman–Crippen LogP) is 4.20. The van der Waals surface area contributed by atoms with Crippen molar-refractivity contribution in [3.63, 3.8) is 0 Å². The van der Waals surface area contributed by atoms with E-state index in [0.29, 0.717) is 12.5 Å². The standard InChI is InChI=1S/C18H16FN3/c1-13-11-17(15-5-3-2-4-6-15)22-18(21-13)20-12-14-7-9-16(19)10-8-14/h2-11H,12H2,1H3,(H,20,21,22). The van der Waals surface area contributed by atoms with Crippen molar-refractivity contribution < 1.29 is 4.39 Å². The van der Waals surface area contributed by atoms with Crippen LogP contribution in [0.25, 0.3) is 11.3 Å². The molecule has 2 aromatic carbocycles. The Morgan fingerprint density at radius 3 is 2.41 bits per heavy atom. The Bertz CT molecular complexity index is 755. The third-order valence-corrected chi connectivity index (χ3v) is 3.29. The van der Waals surface area contributed by atoms with Crippen LogP contribution in [0.2, 0.25) is 0 Å². The molecular formula is C18H16FN3. The second kappa shape index (κ2) is 6.35. The number of anilines is 1. The molecule has 0 saturated carbocycles. The van der Waals surface area contributed by atoms with Crippen LogP contribution >= 0.6 is 0 Å². The van der Waals surface area contributed by atoms with Crippen LogP contribution in [0.4, 0.5) is 10.3 Å². The van der Waals surface area contributed by atoms with Gasteiger partial charge in [0, 0.05) is 17.8 Å². The smallest absolute Gasteiger partial charge is 0.223 e. The van der Waals surface area contributed by atoms with E-state index >= 15 is 0 Å². The van der Waals surface area contributed by atoms with E-state index in [0.717, 1.165) is 22.5 Å². The molecule has 1 heterocycles. The molecule has 1 aromatic heterocycles. The Labute approximate surface area is 128 Å². The van der Waals surface area contributed by atoms with Gasteiger partial charge < -0.3 is 5.32 Å². The molecule has 3 rings (SSSR count). The van der Waals surface area contributed by atoms with Gasteiger partial charge in [-0.05, 0) is 30.7 Å². The number of hydrogen-bond acceptors (Lipinski definition) is 3. The largest absolute Gasteiger partial charge is 0.350 e. The zero-order valence-corrected chi connectivity index (χ0v) is 12.3. The average molecular weight is 293 g/mol. The normalized spacial score (nSPS) is 10.5. The van der Waals surface area contributed by atoms with E-state index in [2.05, 4.69) is 15.3 Å². The summed E-state index contributed by atoms with van der Waals surface area (Å²) in [6.45, 7) is 2.50. The fraction of sp³-hybridized carbons (Fsp3) is 0.111. The number of rotatable bonds is 4. The minimum absolute atomic E-state index is 0.234. The lowest BCUT2D eigenvalue weighted by atomic mass is 10.1. The fourth-order valence-corrected chi connectivity index (χ4v) is 2.19. The van der Waals surface area contributed by atoms with Crippen molar-refractivity contribution in [2.24, 2.45) is 0 Å². The Kier molecular flexibility index (Phi) is 4.10. The average Bonchev–Trinajstić information content (AvgIpc) is 2.55. The van der Waals surface area contributed by atoms with Crippen molar-refractivity contribution in [1.82, 2.24) is 9.97 Å². The molecule has 0 aliphatic carbocycles. The van der Waals surface area contributed by atoms with Crippen molar-refractivity contribution in [2.45, 2.75) is 13.5 Å². The number of nitrogens with zero attached hydrogens (tertiary/aromatic N) is 2. The highest BCUT2D eigenvalue weighted by molar-refractivity contribution is 5.60. The van der Waals surface area contributed by atoms with Gasteiger partial charge in [0.2, 0.25) is 5.95 Å². The molecule has 0 saturated heterocycles. The van der Waals surface area contributed by atoms with Gasteiger partial charge in [0.25, 0.3) is 0 Å². The van der Waals surface area contributed by atoms with Gasteiger partial charge in [0.15, 0.2) is 0 Å². The van der Waals surface area contributed by atoms with Gasteiger partial charge in [0.1, 0.15) is 5.82 Å². The summed E-state index contributed by atoms with van der Waals surface area (Å²) in [7, 11) is 0. The first kappa shape index (κ1) is 14.2. The van der Waals surface area contributed by atoms with Crippen LogP contribution < -0.4 is 5.32 Å². The van der Waals surface area contributed by atoms with Crippen LogP contribution in [-0.4, -0.2) is 9.97 Å². The molecular weight excluding hydrogens is 277 g/mol. The maximum atomic E-state index is 12.9. The summed E-state index contributed by atoms with van der Waals surface area (Å²) in [4.78, 5) is 8.94. The van der Waals surface area contributed by atoms with Crippen molar-refractivity contribution in [3.05, 3.63) is 77.7 Å². The van der Waals surface area contributed by atoms with Crippen molar-refractivity contribution >= 4 is 5.95 Å². The van der Waals surface area contributed by atoms with Gasteiger partial charge in [-0.25, -0.2) is 14.4 Å². The summed E-state index contributed by atoms with van der Waals surface area (Å²) in [5.41, 5.74) is 3.82. The summed E-state index contributed by atoms with van der Waals surface area (Å²) in [6.07, 6.45) is 0. The van der Waals surface area contributed by atoms with E-state index in [-0.39, 0.29) is 5.82 Å². The van der Waals surface area contributed by atoms with E-state index in [9.17, 15) is 4.39 Å². The minimum atomic E-state index is -0.234. The number of aromatic nitrogens is 2. The number of aryl methyl sites for hydroxylation is 1. The van der Waals surface area contributed by atoms with Crippen LogP contribution in [0.15, 0.2) is 60.7 Å². The number of halogens is 1. The maximum Gasteiger partial charge on any atom is 0.223 e. The Balaban J connectivity index is 1.79. The summed E-state index contributed by atoms with van der Waals surface area (Å²) in [5, 5.41) is 3.19. The third kappa shape index (κ3) is 3.47. The first-order valence-electron chi connectivity index (χ1n) is 7.10. The summed E-state index contributed by atoms with van der Waals surface area (Å²) in [6, 6.07) is 18.3. The summed E-state index contributed by atoms with van der Waals surface area (Å²) in [5.74, 6) is 0.338. The SMILES string of the molecule is Cc1cc(-c2ccccc2)nc(NCc2ccc(F)cc2)n1. The first-order valence-corrected chi connectivity index (χ1v) is 7.10. The van der Waals surface area contributed by atoms with E-state index < -0.39 is 0 Å². The molecule has 0 aliphatic heterocycles. The van der Waals surface area contributed by atoms with Gasteiger partial charge in [-0.15, -0.1) is 0 Å². The lowest BCUT2D eigenvalue weighted by Crippen LogP contribution is -2.05. The van der Waals surface area contributed by atoms with Gasteiger partial charge in [-0.1, -0.05) is 42.5 Å². The van der Waals surface area contributed by atoms with Crippen LogP contribution in [0.3, 0.4) is 0 Å². The Morgan fingerprint density at radius 1 is 0.955 bits per heavy atom. The highest BCUT2D eigenvalue weighted by Crippen LogP contribution is 2.19. The molecule has 110 valence electrons. The second-order valence-corrected chi connectivity index (χ2v) is 5.06. The first-order chi connectivity index (χ1) is 10.7. The monoisotopic (exact) mass is 293 g/mol. The quantitative estimate of drug-likeness (QED) is 0.783. The van der Waals surface area contributed by atoms with Gasteiger partial charge in [0.05, 0.1) is 5.69 Å². The van der Waals surface area contributed by atoms with Crippen molar-refractivity contribution in [1.29, 1.82) is 0 Å². The molecule has 1 N–H and O–H groups in total. The van der Waals surface area contributed by atoms with Crippen molar-refractivity contribution in [3.8, 4) is 11.3 Å². The lowest BCUT2D eigenvalue weighted by molar-refractivity contribution is 0.627. The molecule has 0 fully saturated rings. The predicted molar refractivity (Wildman–Crippen MR) is 85.9 cm³/mol. The summed E-state index contributed by atoms with van der Waals surface area (Å²) < 4.78 is 12.9. The number of nitrogens with one attached hydrogen (secondary N) is 1. The molecule has 0 unspecified atom stereocenters. The van der Waals surface area contributed by atoms with E-state index in [1.807, 2.05) is 43.3 Å². The Morgan fingerprint density at radius 2 is 1.68 bits per heavy atom. The molecule has 0 amide bonds. The molecule has 0 radical (unpaired) electrons. The van der Waals surface area contributed by atoms with Crippen LogP contribution in [-0.2, 0) is 6.54 Å². The van der Waals surface area contributed by atoms with E-state index in [1.165, 1.54) is 12.1 Å². The van der Waals surface area contributed by atoms with Gasteiger partial charge >= 0.3 is 0 Å². The minimum Gasteiger partial charge on any atom is -0.350 e. The van der Waals surface area contributed by atoms with Gasteiger partial charge in [-0.2, -0.15) is 0 Å². The number of benzene rings is 2. The van der Waals surface area contributed by atoms with Crippen LogP contribution in [0.5, 0.6) is 0 Å². The Hall–Kier alpha value is -2.75. The second-order valence-electron chi connectivity index (χ2n) is 5.06. The zero-order valence-electron chi connectivity index (χ0n) is 12.3. The molecule has 0 bridgehead atoms. The zero-order chi connectivity index (χ0) is 15.4. The maximum absolute atomic E-state index is 12.9. The molecule has 22 heavy (non-hydrogen) atoms. The summed E-state index contributed by atoms with van der Waals surface area (Å²) >= 11 is 0. The molecule has 4 heteroatoms. The highest BCUT2D eigenvalue weighted by atomic mass is 19.1. The molecule has 3 aromatic rings. The molecule has 3 nitrogen and oxygen atoms in total. The molecule has 0 aliphatic rings. The van der Waals surface area contributed by atoms with E-state index in [1.54, 1.807) is 12.1 Å². The van der Waals surface area contributed by atoms with Crippen LogP contribution in [0, 0.1) is 12.7 Å². The lowest BCUT2D eigenvalue weighted by Gasteiger charge is -2.08. The number of hydrogen-bond donors (Lipinski definition) is 1. The highest BCUT2D eigenvalue weighted by Gasteiger charge is 2.04. The molecule has 0 spiro atoms. The van der Waals surface area contributed by atoms with Crippen LogP contribution in [0.1, 0.15) is 11.3 Å².